The van der Waals surface area contributed by atoms with E-state index in [1.165, 1.54) is 25.4 Å². The Kier molecular flexibility index (Phi) is 3.71. The molecule has 0 bridgehead atoms. The van der Waals surface area contributed by atoms with Gasteiger partial charge in [0, 0.05) is 18.9 Å². The number of carbonyl (C=O) groups excluding carboxylic acids is 1. The highest BCUT2D eigenvalue weighted by Gasteiger charge is 2.34. The average molecular weight is 304 g/mol. The van der Waals surface area contributed by atoms with Crippen LogP contribution in [-0.4, -0.2) is 23.2 Å². The number of hydrogen-bond acceptors (Lipinski definition) is 2. The molecule has 4 nitrogen and oxygen atoms in total. The lowest BCUT2D eigenvalue weighted by atomic mass is 10.1. The van der Waals surface area contributed by atoms with Crippen LogP contribution in [0.5, 0.6) is 0 Å². The molecule has 0 atom stereocenters. The highest BCUT2D eigenvalue weighted by molar-refractivity contribution is 6.31. The molecule has 0 aliphatic carbocycles. The lowest BCUT2D eigenvalue weighted by Gasteiger charge is -2.18. The number of nitrogens with zero attached hydrogens (tertiary/aromatic N) is 2. The van der Waals surface area contributed by atoms with Crippen LogP contribution in [-0.2, 0) is 6.18 Å². The van der Waals surface area contributed by atoms with Crippen LogP contribution >= 0.6 is 11.6 Å². The molecule has 0 fully saturated rings. The molecule has 0 saturated carbocycles. The van der Waals surface area contributed by atoms with Crippen molar-refractivity contribution in [2.45, 2.75) is 6.18 Å². The zero-order valence-corrected chi connectivity index (χ0v) is 11.0. The molecule has 0 aliphatic rings. The van der Waals surface area contributed by atoms with Gasteiger partial charge in [-0.15, -0.1) is 0 Å². The first-order valence-corrected chi connectivity index (χ1v) is 5.82. The normalized spacial score (nSPS) is 11.4. The first-order chi connectivity index (χ1) is 9.30. The maximum atomic E-state index is 12.8. The molecule has 1 aromatic carbocycles. The number of carbonyl (C=O) groups is 1. The Labute approximate surface area is 117 Å². The second kappa shape index (κ2) is 5.16. The summed E-state index contributed by atoms with van der Waals surface area (Å²) in [6.45, 7) is 0. The molecular weight excluding hydrogens is 295 g/mol. The summed E-state index contributed by atoms with van der Waals surface area (Å²) in [7, 11) is 1.37. The van der Waals surface area contributed by atoms with Crippen LogP contribution in [0, 0.1) is 0 Å². The van der Waals surface area contributed by atoms with Crippen molar-refractivity contribution in [1.82, 2.24) is 10.2 Å². The molecule has 2 rings (SSSR count). The zero-order chi connectivity index (χ0) is 14.9. The third-order valence-corrected chi connectivity index (χ3v) is 3.01. The van der Waals surface area contributed by atoms with E-state index in [-0.39, 0.29) is 11.4 Å². The van der Waals surface area contributed by atoms with E-state index in [1.807, 2.05) is 0 Å². The topological polar surface area (TPSA) is 49.0 Å². The Morgan fingerprint density at radius 3 is 2.60 bits per heavy atom. The number of alkyl halides is 3. The van der Waals surface area contributed by atoms with Crippen LogP contribution in [0.3, 0.4) is 0 Å². The van der Waals surface area contributed by atoms with Crippen molar-refractivity contribution in [2.24, 2.45) is 0 Å². The number of anilines is 1. The number of aromatic nitrogens is 2. The van der Waals surface area contributed by atoms with Gasteiger partial charge in [0.2, 0.25) is 0 Å². The standard InChI is InChI=1S/C12H9ClF3N3O/c1-19(11(20)10-4-5-17-18-10)7-2-3-9(13)8(6-7)12(14,15)16/h2-6H,1H3,(H,17,18). The molecule has 8 heteroatoms. The van der Waals surface area contributed by atoms with E-state index in [1.54, 1.807) is 0 Å². The highest BCUT2D eigenvalue weighted by Crippen LogP contribution is 2.36. The molecular formula is C12H9ClF3N3O. The van der Waals surface area contributed by atoms with Crippen molar-refractivity contribution in [3.8, 4) is 0 Å². The molecule has 1 aromatic heterocycles. The SMILES string of the molecule is CN(C(=O)c1ccn[nH]1)c1ccc(Cl)c(C(F)(F)F)c1. The molecule has 106 valence electrons. The highest BCUT2D eigenvalue weighted by atomic mass is 35.5. The van der Waals surface area contributed by atoms with Gasteiger partial charge < -0.3 is 4.90 Å². The van der Waals surface area contributed by atoms with Gasteiger partial charge in [0.05, 0.1) is 10.6 Å². The van der Waals surface area contributed by atoms with Gasteiger partial charge in [-0.3, -0.25) is 9.89 Å². The first-order valence-electron chi connectivity index (χ1n) is 5.45. The molecule has 1 N–H and O–H groups in total. The van der Waals surface area contributed by atoms with Gasteiger partial charge in [-0.1, -0.05) is 11.6 Å². The quantitative estimate of drug-likeness (QED) is 0.925. The number of aromatic amines is 1. The zero-order valence-electron chi connectivity index (χ0n) is 10.2. The first kappa shape index (κ1) is 14.4. The minimum absolute atomic E-state index is 0.0846. The fraction of sp³-hybridized carbons (Fsp3) is 0.167. The van der Waals surface area contributed by atoms with Crippen LogP contribution < -0.4 is 4.90 Å². The third kappa shape index (κ3) is 2.77. The van der Waals surface area contributed by atoms with Gasteiger partial charge in [-0.25, -0.2) is 0 Å². The molecule has 0 radical (unpaired) electrons. The van der Waals surface area contributed by atoms with Crippen LogP contribution in [0.15, 0.2) is 30.5 Å². The van der Waals surface area contributed by atoms with Crippen molar-refractivity contribution in [2.75, 3.05) is 11.9 Å². The Morgan fingerprint density at radius 2 is 2.05 bits per heavy atom. The summed E-state index contributed by atoms with van der Waals surface area (Å²) in [5.41, 5.74) is -0.724. The summed E-state index contributed by atoms with van der Waals surface area (Å²) >= 11 is 5.53. The lowest BCUT2D eigenvalue weighted by molar-refractivity contribution is -0.137. The third-order valence-electron chi connectivity index (χ3n) is 2.68. The number of H-pyrrole nitrogens is 1. The average Bonchev–Trinajstić information content (AvgIpc) is 2.90. The summed E-state index contributed by atoms with van der Waals surface area (Å²) in [4.78, 5) is 13.1. The summed E-state index contributed by atoms with van der Waals surface area (Å²) in [5, 5.41) is 5.66. The lowest BCUT2D eigenvalue weighted by Crippen LogP contribution is -2.27. The van der Waals surface area contributed by atoms with Gasteiger partial charge in [0.25, 0.3) is 5.91 Å². The molecule has 0 unspecified atom stereocenters. The maximum Gasteiger partial charge on any atom is 0.417 e. The van der Waals surface area contributed by atoms with Crippen LogP contribution in [0.25, 0.3) is 0 Å². The van der Waals surface area contributed by atoms with E-state index in [2.05, 4.69) is 10.2 Å². The van der Waals surface area contributed by atoms with Gasteiger partial charge in [-0.2, -0.15) is 18.3 Å². The van der Waals surface area contributed by atoms with Gasteiger partial charge in [-0.05, 0) is 24.3 Å². The second-order valence-corrected chi connectivity index (χ2v) is 4.40. The number of nitrogens with one attached hydrogen (secondary N) is 1. The molecule has 1 amide bonds. The summed E-state index contributed by atoms with van der Waals surface area (Å²) in [5.74, 6) is -0.502. The van der Waals surface area contributed by atoms with E-state index in [0.29, 0.717) is 0 Å². The van der Waals surface area contributed by atoms with Gasteiger partial charge in [0.1, 0.15) is 5.69 Å². The number of rotatable bonds is 2. The van der Waals surface area contributed by atoms with Gasteiger partial charge in [0.15, 0.2) is 0 Å². The summed E-state index contributed by atoms with van der Waals surface area (Å²) in [6, 6.07) is 4.71. The van der Waals surface area contributed by atoms with E-state index in [0.717, 1.165) is 17.0 Å². The summed E-state index contributed by atoms with van der Waals surface area (Å²) in [6.07, 6.45) is -3.20. The van der Waals surface area contributed by atoms with Crippen molar-refractivity contribution in [3.05, 3.63) is 46.7 Å². The van der Waals surface area contributed by atoms with Crippen molar-refractivity contribution >= 4 is 23.2 Å². The van der Waals surface area contributed by atoms with Crippen LogP contribution in [0.1, 0.15) is 16.1 Å². The second-order valence-electron chi connectivity index (χ2n) is 4.00. The predicted molar refractivity (Wildman–Crippen MR) is 67.8 cm³/mol. The number of halogens is 4. The number of hydrogen-bond donors (Lipinski definition) is 1. The van der Waals surface area contributed by atoms with Gasteiger partial charge >= 0.3 is 6.18 Å². The smallest absolute Gasteiger partial charge is 0.310 e. The predicted octanol–water partition coefficient (Wildman–Crippen LogP) is 3.36. The van der Waals surface area contributed by atoms with E-state index < -0.39 is 22.7 Å². The monoisotopic (exact) mass is 303 g/mol. The largest absolute Gasteiger partial charge is 0.417 e. The fourth-order valence-corrected chi connectivity index (χ4v) is 1.84. The summed E-state index contributed by atoms with van der Waals surface area (Å²) < 4.78 is 38.3. The maximum absolute atomic E-state index is 12.8. The molecule has 20 heavy (non-hydrogen) atoms. The number of amides is 1. The molecule has 0 spiro atoms. The Balaban J connectivity index is 2.36. The van der Waals surface area contributed by atoms with Crippen molar-refractivity contribution in [3.63, 3.8) is 0 Å². The minimum Gasteiger partial charge on any atom is -0.310 e. The molecule has 0 aliphatic heterocycles. The Hall–Kier alpha value is -2.02. The minimum atomic E-state index is -4.58. The van der Waals surface area contributed by atoms with Crippen molar-refractivity contribution < 1.29 is 18.0 Å². The molecule has 1 heterocycles. The van der Waals surface area contributed by atoms with Crippen LogP contribution in [0.4, 0.5) is 18.9 Å². The Bertz CT molecular complexity index is 625. The molecule has 0 saturated heterocycles. The van der Waals surface area contributed by atoms with Crippen LogP contribution in [0.2, 0.25) is 5.02 Å². The number of benzene rings is 1. The van der Waals surface area contributed by atoms with E-state index >= 15 is 0 Å². The van der Waals surface area contributed by atoms with E-state index in [4.69, 9.17) is 11.6 Å². The molecule has 2 aromatic rings. The van der Waals surface area contributed by atoms with Crippen molar-refractivity contribution in [1.29, 1.82) is 0 Å². The fourth-order valence-electron chi connectivity index (χ4n) is 1.61. The Morgan fingerprint density at radius 1 is 1.35 bits per heavy atom. The van der Waals surface area contributed by atoms with E-state index in [9.17, 15) is 18.0 Å².